The number of carbonyl (C=O) groups excluding carboxylic acids is 2. The first kappa shape index (κ1) is 21.5. The second kappa shape index (κ2) is 11.1. The van der Waals surface area contributed by atoms with E-state index in [0.717, 1.165) is 32.1 Å². The van der Waals surface area contributed by atoms with Crippen molar-refractivity contribution in [1.29, 1.82) is 0 Å². The lowest BCUT2D eigenvalue weighted by atomic mass is 10.1. The molecule has 2 aromatic rings. The summed E-state index contributed by atoms with van der Waals surface area (Å²) >= 11 is 0. The van der Waals surface area contributed by atoms with E-state index in [1.807, 2.05) is 24.3 Å². The number of nitrogens with zero attached hydrogens (tertiary/aromatic N) is 2. The minimum Gasteiger partial charge on any atom is -0.360 e. The summed E-state index contributed by atoms with van der Waals surface area (Å²) in [6.07, 6.45) is 5.04. The van der Waals surface area contributed by atoms with Gasteiger partial charge in [0.15, 0.2) is 5.82 Å². The molecule has 0 atom stereocenters. The average Bonchev–Trinajstić information content (AvgIpc) is 3.09. The molecule has 0 spiro atoms. The number of urea groups is 1. The summed E-state index contributed by atoms with van der Waals surface area (Å²) in [5, 5.41) is 9.30. The van der Waals surface area contributed by atoms with E-state index in [9.17, 15) is 9.59 Å². The molecule has 0 saturated carbocycles. The Balaban J connectivity index is 1.97. The monoisotopic (exact) mass is 386 g/mol. The van der Waals surface area contributed by atoms with Crippen molar-refractivity contribution < 1.29 is 14.1 Å². The smallest absolute Gasteiger partial charge is 0.322 e. The van der Waals surface area contributed by atoms with Gasteiger partial charge >= 0.3 is 6.03 Å². The Morgan fingerprint density at radius 1 is 1.07 bits per heavy atom. The number of unbranched alkanes of at least 4 members (excludes halogenated alkanes) is 3. The maximum atomic E-state index is 12.7. The molecule has 2 rings (SSSR count). The van der Waals surface area contributed by atoms with Gasteiger partial charge in [0.1, 0.15) is 12.3 Å². The van der Waals surface area contributed by atoms with Crippen LogP contribution in [-0.4, -0.2) is 35.1 Å². The third kappa shape index (κ3) is 7.06. The van der Waals surface area contributed by atoms with Gasteiger partial charge in [-0.3, -0.25) is 4.79 Å². The van der Waals surface area contributed by atoms with E-state index in [1.54, 1.807) is 13.0 Å². The van der Waals surface area contributed by atoms with Gasteiger partial charge in [0.25, 0.3) is 0 Å². The molecule has 1 aromatic heterocycles. The first-order valence-corrected chi connectivity index (χ1v) is 9.89. The highest BCUT2D eigenvalue weighted by atomic mass is 16.5. The molecule has 0 fully saturated rings. The number of carbonyl (C=O) groups is 2. The van der Waals surface area contributed by atoms with Gasteiger partial charge in [-0.05, 0) is 37.5 Å². The number of anilines is 2. The van der Waals surface area contributed by atoms with Crippen molar-refractivity contribution in [2.75, 3.05) is 23.7 Å². The van der Waals surface area contributed by atoms with Crippen molar-refractivity contribution in [2.24, 2.45) is 0 Å². The van der Waals surface area contributed by atoms with Crippen molar-refractivity contribution >= 4 is 23.4 Å². The predicted molar refractivity (Wildman–Crippen MR) is 110 cm³/mol. The molecule has 0 aliphatic heterocycles. The normalized spacial score (nSPS) is 10.5. The van der Waals surface area contributed by atoms with E-state index in [1.165, 1.54) is 10.5 Å². The van der Waals surface area contributed by atoms with Gasteiger partial charge < -0.3 is 20.1 Å². The molecule has 1 heterocycles. The van der Waals surface area contributed by atoms with Gasteiger partial charge in [0.2, 0.25) is 5.91 Å². The Morgan fingerprint density at radius 3 is 2.43 bits per heavy atom. The lowest BCUT2D eigenvalue weighted by molar-refractivity contribution is -0.116. The first-order chi connectivity index (χ1) is 13.5. The standard InChI is InChI=1S/C21H30N4O3/c1-4-6-7-8-13-25(15-20(26)23-19-14-16(3)28-24-19)21(27)22-18-11-9-17(5-2)10-12-18/h9-12,14H,4-8,13,15H2,1-3H3,(H,22,27)(H,23,24,26). The summed E-state index contributed by atoms with van der Waals surface area (Å²) in [7, 11) is 0. The number of amides is 3. The highest BCUT2D eigenvalue weighted by Gasteiger charge is 2.18. The molecule has 7 nitrogen and oxygen atoms in total. The minimum atomic E-state index is -0.305. The van der Waals surface area contributed by atoms with Crippen LogP contribution in [0.2, 0.25) is 0 Å². The zero-order chi connectivity index (χ0) is 20.4. The highest BCUT2D eigenvalue weighted by molar-refractivity contribution is 5.96. The molecule has 0 radical (unpaired) electrons. The molecule has 0 aliphatic carbocycles. The molecule has 0 unspecified atom stereocenters. The van der Waals surface area contributed by atoms with Crippen LogP contribution < -0.4 is 10.6 Å². The molecule has 28 heavy (non-hydrogen) atoms. The van der Waals surface area contributed by atoms with Gasteiger partial charge in [-0.25, -0.2) is 4.79 Å². The second-order valence-electron chi connectivity index (χ2n) is 6.83. The Labute approximate surface area is 166 Å². The van der Waals surface area contributed by atoms with Crippen molar-refractivity contribution in [2.45, 2.75) is 52.9 Å². The number of aryl methyl sites for hydroxylation is 2. The van der Waals surface area contributed by atoms with Crippen molar-refractivity contribution in [3.05, 3.63) is 41.7 Å². The van der Waals surface area contributed by atoms with Crippen LogP contribution in [-0.2, 0) is 11.2 Å². The summed E-state index contributed by atoms with van der Waals surface area (Å²) < 4.78 is 4.95. The molecule has 0 saturated heterocycles. The fraction of sp³-hybridized carbons (Fsp3) is 0.476. The van der Waals surface area contributed by atoms with Crippen LogP contribution in [0, 0.1) is 6.92 Å². The van der Waals surface area contributed by atoms with E-state index in [0.29, 0.717) is 23.8 Å². The molecule has 7 heteroatoms. The SMILES string of the molecule is CCCCCCN(CC(=O)Nc1cc(C)on1)C(=O)Nc1ccc(CC)cc1. The summed E-state index contributed by atoms with van der Waals surface area (Å²) in [6, 6.07) is 9.09. The van der Waals surface area contributed by atoms with Crippen LogP contribution in [0.25, 0.3) is 0 Å². The summed E-state index contributed by atoms with van der Waals surface area (Å²) in [6.45, 7) is 6.44. The molecule has 2 N–H and O–H groups in total. The van der Waals surface area contributed by atoms with Crippen molar-refractivity contribution in [3.8, 4) is 0 Å². The van der Waals surface area contributed by atoms with Gasteiger partial charge in [-0.15, -0.1) is 0 Å². The Kier molecular flexibility index (Phi) is 8.52. The van der Waals surface area contributed by atoms with Gasteiger partial charge in [0, 0.05) is 18.3 Å². The molecule has 0 aliphatic rings. The van der Waals surface area contributed by atoms with Crippen molar-refractivity contribution in [1.82, 2.24) is 10.1 Å². The van der Waals surface area contributed by atoms with E-state index in [4.69, 9.17) is 4.52 Å². The maximum absolute atomic E-state index is 12.7. The van der Waals surface area contributed by atoms with Gasteiger partial charge in [-0.2, -0.15) is 0 Å². The molecule has 3 amide bonds. The summed E-state index contributed by atoms with van der Waals surface area (Å²) in [5.41, 5.74) is 1.92. The zero-order valence-electron chi connectivity index (χ0n) is 17.0. The lowest BCUT2D eigenvalue weighted by Crippen LogP contribution is -2.41. The van der Waals surface area contributed by atoms with Crippen LogP contribution in [0.3, 0.4) is 0 Å². The number of benzene rings is 1. The van der Waals surface area contributed by atoms with Gasteiger partial charge in [0.05, 0.1) is 0 Å². The second-order valence-corrected chi connectivity index (χ2v) is 6.83. The third-order valence-electron chi connectivity index (χ3n) is 4.41. The summed E-state index contributed by atoms with van der Waals surface area (Å²) in [4.78, 5) is 26.6. The number of rotatable bonds is 10. The third-order valence-corrected chi connectivity index (χ3v) is 4.41. The topological polar surface area (TPSA) is 87.5 Å². The van der Waals surface area contributed by atoms with Crippen LogP contribution in [0.5, 0.6) is 0 Å². The average molecular weight is 386 g/mol. The van der Waals surface area contributed by atoms with Crippen LogP contribution >= 0.6 is 0 Å². The Hall–Kier alpha value is -2.83. The first-order valence-electron chi connectivity index (χ1n) is 9.89. The van der Waals surface area contributed by atoms with E-state index in [-0.39, 0.29) is 18.5 Å². The summed E-state index contributed by atoms with van der Waals surface area (Å²) in [5.74, 6) is 0.657. The quantitative estimate of drug-likeness (QED) is 0.584. The number of hydrogen-bond acceptors (Lipinski definition) is 4. The number of hydrogen-bond donors (Lipinski definition) is 2. The number of nitrogens with one attached hydrogen (secondary N) is 2. The van der Waals surface area contributed by atoms with E-state index >= 15 is 0 Å². The fourth-order valence-corrected chi connectivity index (χ4v) is 2.79. The largest absolute Gasteiger partial charge is 0.360 e. The maximum Gasteiger partial charge on any atom is 0.322 e. The fourth-order valence-electron chi connectivity index (χ4n) is 2.79. The Morgan fingerprint density at radius 2 is 1.82 bits per heavy atom. The molecular weight excluding hydrogens is 356 g/mol. The van der Waals surface area contributed by atoms with Crippen LogP contribution in [0.15, 0.2) is 34.9 Å². The Bertz CT molecular complexity index is 755. The van der Waals surface area contributed by atoms with Crippen LogP contribution in [0.1, 0.15) is 50.9 Å². The molecule has 1 aromatic carbocycles. The lowest BCUT2D eigenvalue weighted by Gasteiger charge is -2.22. The van der Waals surface area contributed by atoms with E-state index < -0.39 is 0 Å². The minimum absolute atomic E-state index is 0.0447. The van der Waals surface area contributed by atoms with Crippen LogP contribution in [0.4, 0.5) is 16.3 Å². The zero-order valence-corrected chi connectivity index (χ0v) is 17.0. The highest BCUT2D eigenvalue weighted by Crippen LogP contribution is 2.12. The van der Waals surface area contributed by atoms with Gasteiger partial charge in [-0.1, -0.05) is 50.4 Å². The van der Waals surface area contributed by atoms with Crippen molar-refractivity contribution in [3.63, 3.8) is 0 Å². The molecular formula is C21H30N4O3. The molecule has 152 valence electrons. The number of aromatic nitrogens is 1. The van der Waals surface area contributed by atoms with E-state index in [2.05, 4.69) is 29.6 Å². The predicted octanol–water partition coefficient (Wildman–Crippen LogP) is 4.60. The molecule has 0 bridgehead atoms.